The van der Waals surface area contributed by atoms with Gasteiger partial charge in [0.25, 0.3) is 5.54 Å². The quantitative estimate of drug-likeness (QED) is 0.317. The lowest BCUT2D eigenvalue weighted by Gasteiger charge is -2.24. The van der Waals surface area contributed by atoms with Crippen LogP contribution in [0.5, 0.6) is 0 Å². The number of hydrogen-bond donors (Lipinski definition) is 0. The predicted octanol–water partition coefficient (Wildman–Crippen LogP) is 1.66. The first-order valence-electron chi connectivity index (χ1n) is 5.65. The molecule has 1 aliphatic carbocycles. The number of nitroso groups, excluding NO2 is 1. The molecule has 0 radical (unpaired) electrons. The average molecular weight is 244 g/mol. The van der Waals surface area contributed by atoms with Crippen LogP contribution in [0.1, 0.15) is 39.0 Å². The first-order valence-corrected chi connectivity index (χ1v) is 5.65. The van der Waals surface area contributed by atoms with Gasteiger partial charge in [0.2, 0.25) is 6.54 Å². The Morgan fingerprint density at radius 2 is 2.06 bits per heavy atom. The third kappa shape index (κ3) is 3.76. The molecule has 0 aromatic rings. The lowest BCUT2D eigenvalue weighted by atomic mass is 9.97. The monoisotopic (exact) mass is 244 g/mol. The van der Waals surface area contributed by atoms with E-state index >= 15 is 0 Å². The van der Waals surface area contributed by atoms with Crippen molar-refractivity contribution in [1.29, 1.82) is 0 Å². The fourth-order valence-corrected chi connectivity index (χ4v) is 1.84. The Bertz CT molecular complexity index is 314. The van der Waals surface area contributed by atoms with Crippen molar-refractivity contribution in [3.63, 3.8) is 0 Å². The summed E-state index contributed by atoms with van der Waals surface area (Å²) in [5.74, 6) is -0.892. The second-order valence-electron chi connectivity index (χ2n) is 4.52. The van der Waals surface area contributed by atoms with E-state index in [1.54, 1.807) is 0 Å². The van der Waals surface area contributed by atoms with Crippen molar-refractivity contribution in [3.05, 3.63) is 15.0 Å². The molecular formula is C10H16N2O5. The Morgan fingerprint density at radius 1 is 1.47 bits per heavy atom. The zero-order chi connectivity index (χ0) is 12.9. The molecule has 0 amide bonds. The van der Waals surface area contributed by atoms with Crippen LogP contribution in [0, 0.1) is 15.0 Å². The van der Waals surface area contributed by atoms with Gasteiger partial charge in [-0.25, -0.2) is 4.79 Å². The lowest BCUT2D eigenvalue weighted by Crippen LogP contribution is -2.43. The average Bonchev–Trinajstić information content (AvgIpc) is 2.29. The largest absolute Gasteiger partial charge is 0.460 e. The van der Waals surface area contributed by atoms with Crippen molar-refractivity contribution in [2.75, 3.05) is 6.54 Å². The molecule has 1 fully saturated rings. The van der Waals surface area contributed by atoms with Gasteiger partial charge in [-0.05, 0) is 37.8 Å². The van der Waals surface area contributed by atoms with Crippen LogP contribution >= 0.6 is 0 Å². The van der Waals surface area contributed by atoms with Crippen LogP contribution in [0.3, 0.4) is 0 Å². The van der Waals surface area contributed by atoms with Crippen LogP contribution in [-0.2, 0) is 9.53 Å². The molecule has 1 aliphatic rings. The number of esters is 1. The van der Waals surface area contributed by atoms with Crippen LogP contribution in [0.15, 0.2) is 5.18 Å². The minimum Gasteiger partial charge on any atom is -0.460 e. The summed E-state index contributed by atoms with van der Waals surface area (Å²) < 4.78 is 5.11. The van der Waals surface area contributed by atoms with Gasteiger partial charge in [-0.2, -0.15) is 0 Å². The topological polar surface area (TPSA) is 98.9 Å². The fraction of sp³-hybridized carbons (Fsp3) is 0.900. The van der Waals surface area contributed by atoms with E-state index in [-0.39, 0.29) is 6.10 Å². The van der Waals surface area contributed by atoms with Gasteiger partial charge in [0, 0.05) is 4.92 Å². The van der Waals surface area contributed by atoms with Crippen molar-refractivity contribution in [2.45, 2.75) is 50.7 Å². The Balaban J connectivity index is 2.58. The number of nitrogens with zero attached hydrogens (tertiary/aromatic N) is 2. The molecule has 7 nitrogen and oxygen atoms in total. The van der Waals surface area contributed by atoms with Crippen LogP contribution in [-0.4, -0.2) is 29.1 Å². The predicted molar refractivity (Wildman–Crippen MR) is 59.0 cm³/mol. The maximum atomic E-state index is 11.7. The van der Waals surface area contributed by atoms with Crippen LogP contribution in [0.25, 0.3) is 0 Å². The smallest absolute Gasteiger partial charge is 0.344 e. The Kier molecular flexibility index (Phi) is 4.53. The second kappa shape index (κ2) is 5.70. The SMILES string of the molecule is CC(C[N+](=O)[O-])(N=O)C(=O)OC1CCCCC1. The van der Waals surface area contributed by atoms with Crippen LogP contribution in [0.2, 0.25) is 0 Å². The van der Waals surface area contributed by atoms with Gasteiger partial charge < -0.3 is 4.74 Å². The minimum absolute atomic E-state index is 0.232. The standard InChI is InChI=1S/C10H16N2O5/c1-10(11-14,7-12(15)16)9(13)17-8-5-3-2-4-6-8/h8H,2-7H2,1H3. The normalized spacial score (nSPS) is 20.3. The van der Waals surface area contributed by atoms with Gasteiger partial charge in [0.1, 0.15) is 6.10 Å². The van der Waals surface area contributed by atoms with Gasteiger partial charge in [-0.1, -0.05) is 6.42 Å². The number of hydrogen-bond acceptors (Lipinski definition) is 6. The molecule has 96 valence electrons. The molecule has 1 saturated carbocycles. The Hall–Kier alpha value is -1.53. The number of nitro groups is 1. The first-order chi connectivity index (χ1) is 7.98. The second-order valence-corrected chi connectivity index (χ2v) is 4.52. The molecule has 7 heteroatoms. The minimum atomic E-state index is -1.92. The molecule has 0 bridgehead atoms. The summed E-state index contributed by atoms with van der Waals surface area (Å²) in [5, 5.41) is 12.9. The first kappa shape index (κ1) is 13.5. The van der Waals surface area contributed by atoms with Gasteiger partial charge in [-0.3, -0.25) is 10.1 Å². The van der Waals surface area contributed by atoms with E-state index in [0.29, 0.717) is 0 Å². The molecule has 1 rings (SSSR count). The lowest BCUT2D eigenvalue weighted by molar-refractivity contribution is -0.486. The molecular weight excluding hydrogens is 228 g/mol. The third-order valence-electron chi connectivity index (χ3n) is 2.90. The molecule has 17 heavy (non-hydrogen) atoms. The van der Waals surface area contributed by atoms with E-state index in [0.717, 1.165) is 39.0 Å². The van der Waals surface area contributed by atoms with E-state index < -0.39 is 23.0 Å². The molecule has 0 aromatic heterocycles. The number of ether oxygens (including phenoxy) is 1. The number of rotatable bonds is 5. The maximum Gasteiger partial charge on any atom is 0.344 e. The maximum absolute atomic E-state index is 11.7. The molecule has 0 spiro atoms. The number of carbonyl (C=O) groups excluding carboxylic acids is 1. The summed E-state index contributed by atoms with van der Waals surface area (Å²) in [7, 11) is 0. The van der Waals surface area contributed by atoms with E-state index in [1.165, 1.54) is 0 Å². The summed E-state index contributed by atoms with van der Waals surface area (Å²) in [6.07, 6.45) is 4.31. The summed E-state index contributed by atoms with van der Waals surface area (Å²) in [4.78, 5) is 31.9. The van der Waals surface area contributed by atoms with Crippen molar-refractivity contribution >= 4 is 5.97 Å². The van der Waals surface area contributed by atoms with E-state index in [2.05, 4.69) is 5.18 Å². The van der Waals surface area contributed by atoms with Crippen LogP contribution in [0.4, 0.5) is 0 Å². The molecule has 0 saturated heterocycles. The van der Waals surface area contributed by atoms with Gasteiger partial charge >= 0.3 is 5.97 Å². The fourth-order valence-electron chi connectivity index (χ4n) is 1.84. The third-order valence-corrected chi connectivity index (χ3v) is 2.90. The summed E-state index contributed by atoms with van der Waals surface area (Å²) in [6, 6.07) is 0. The highest BCUT2D eigenvalue weighted by molar-refractivity contribution is 5.80. The van der Waals surface area contributed by atoms with Gasteiger partial charge in [-0.15, -0.1) is 4.91 Å². The van der Waals surface area contributed by atoms with E-state index in [9.17, 15) is 19.8 Å². The van der Waals surface area contributed by atoms with Crippen molar-refractivity contribution in [2.24, 2.45) is 5.18 Å². The van der Waals surface area contributed by atoms with Gasteiger partial charge in [0.15, 0.2) is 0 Å². The Morgan fingerprint density at radius 3 is 2.53 bits per heavy atom. The zero-order valence-electron chi connectivity index (χ0n) is 9.76. The number of carbonyl (C=O) groups is 1. The van der Waals surface area contributed by atoms with Crippen molar-refractivity contribution in [1.82, 2.24) is 0 Å². The highest BCUT2D eigenvalue weighted by Gasteiger charge is 2.43. The molecule has 1 unspecified atom stereocenters. The molecule has 0 aromatic carbocycles. The van der Waals surface area contributed by atoms with Crippen LogP contribution < -0.4 is 0 Å². The molecule has 0 N–H and O–H groups in total. The van der Waals surface area contributed by atoms with Gasteiger partial charge in [0.05, 0.1) is 0 Å². The highest BCUT2D eigenvalue weighted by Crippen LogP contribution is 2.23. The van der Waals surface area contributed by atoms with Crippen molar-refractivity contribution in [3.8, 4) is 0 Å². The highest BCUT2D eigenvalue weighted by atomic mass is 16.6. The molecule has 0 aliphatic heterocycles. The molecule has 0 heterocycles. The van der Waals surface area contributed by atoms with Crippen molar-refractivity contribution < 1.29 is 14.5 Å². The summed E-state index contributed by atoms with van der Waals surface area (Å²) in [5.41, 5.74) is -1.92. The summed E-state index contributed by atoms with van der Waals surface area (Å²) in [6.45, 7) is 0.302. The van der Waals surface area contributed by atoms with E-state index in [4.69, 9.17) is 4.74 Å². The molecule has 1 atom stereocenters. The zero-order valence-corrected chi connectivity index (χ0v) is 9.76. The van der Waals surface area contributed by atoms with E-state index in [1.807, 2.05) is 0 Å². The summed E-state index contributed by atoms with van der Waals surface area (Å²) >= 11 is 0. The Labute approximate surface area is 98.6 Å².